The monoisotopic (exact) mass is 332 g/mol. The van der Waals surface area contributed by atoms with Crippen LogP contribution in [0.15, 0.2) is 40.9 Å². The maximum atomic E-state index is 13.0. The lowest BCUT2D eigenvalue weighted by atomic mass is 10.2. The number of halogens is 4. The number of rotatable bonds is 3. The topological polar surface area (TPSA) is 9.23 Å². The lowest BCUT2D eigenvalue weighted by Crippen LogP contribution is -1.96. The van der Waals surface area contributed by atoms with Gasteiger partial charge < -0.3 is 4.74 Å². The van der Waals surface area contributed by atoms with Crippen LogP contribution in [0.2, 0.25) is 5.02 Å². The van der Waals surface area contributed by atoms with Crippen molar-refractivity contribution in [2.45, 2.75) is 6.61 Å². The largest absolute Gasteiger partial charge is 0.489 e. The van der Waals surface area contributed by atoms with E-state index in [1.807, 2.05) is 0 Å². The van der Waals surface area contributed by atoms with Gasteiger partial charge in [0.25, 0.3) is 0 Å². The first kappa shape index (κ1) is 13.3. The van der Waals surface area contributed by atoms with Gasteiger partial charge in [-0.3, -0.25) is 0 Å². The highest BCUT2D eigenvalue weighted by Crippen LogP contribution is 2.23. The summed E-state index contributed by atoms with van der Waals surface area (Å²) >= 11 is 8.72. The van der Waals surface area contributed by atoms with Crippen molar-refractivity contribution in [3.8, 4) is 5.75 Å². The molecule has 0 unspecified atom stereocenters. The molecule has 2 rings (SSSR count). The van der Waals surface area contributed by atoms with Crippen LogP contribution in [0.5, 0.6) is 5.75 Å². The van der Waals surface area contributed by atoms with Crippen LogP contribution in [0.1, 0.15) is 5.56 Å². The van der Waals surface area contributed by atoms with Crippen molar-refractivity contribution in [3.63, 3.8) is 0 Å². The van der Waals surface area contributed by atoms with Crippen molar-refractivity contribution in [2.75, 3.05) is 0 Å². The third-order valence-electron chi connectivity index (χ3n) is 2.28. The van der Waals surface area contributed by atoms with Crippen LogP contribution in [0.3, 0.4) is 0 Å². The molecule has 0 saturated carbocycles. The van der Waals surface area contributed by atoms with Crippen LogP contribution in [-0.2, 0) is 6.61 Å². The van der Waals surface area contributed by atoms with E-state index in [0.29, 0.717) is 10.2 Å². The summed E-state index contributed by atoms with van der Waals surface area (Å²) in [5.41, 5.74) is 0.795. The average Bonchev–Trinajstić information content (AvgIpc) is 2.35. The van der Waals surface area contributed by atoms with Gasteiger partial charge in [0.05, 0.1) is 9.50 Å². The predicted molar refractivity (Wildman–Crippen MR) is 69.8 cm³/mol. The molecule has 2 aromatic carbocycles. The summed E-state index contributed by atoms with van der Waals surface area (Å²) < 4.78 is 31.7. The first-order valence-corrected chi connectivity index (χ1v) is 6.25. The lowest BCUT2D eigenvalue weighted by molar-refractivity contribution is 0.305. The SMILES string of the molecule is Fc1ccc(OCc2ccc(F)c(Br)c2)cc1Cl. The molecule has 94 valence electrons. The first-order valence-electron chi connectivity index (χ1n) is 5.08. The molecule has 0 spiro atoms. The first-order chi connectivity index (χ1) is 8.56. The molecule has 0 aromatic heterocycles. The van der Waals surface area contributed by atoms with Crippen molar-refractivity contribution in [1.82, 2.24) is 0 Å². The maximum absolute atomic E-state index is 13.0. The summed E-state index contributed by atoms with van der Waals surface area (Å²) in [7, 11) is 0. The molecule has 0 N–H and O–H groups in total. The number of hydrogen-bond donors (Lipinski definition) is 0. The zero-order valence-corrected chi connectivity index (χ0v) is 11.4. The smallest absolute Gasteiger partial charge is 0.142 e. The second-order valence-electron chi connectivity index (χ2n) is 3.61. The highest BCUT2D eigenvalue weighted by molar-refractivity contribution is 9.10. The molecule has 18 heavy (non-hydrogen) atoms. The molecule has 0 aliphatic heterocycles. The third-order valence-corrected chi connectivity index (χ3v) is 3.18. The van der Waals surface area contributed by atoms with E-state index in [4.69, 9.17) is 16.3 Å². The Morgan fingerprint density at radius 3 is 2.44 bits per heavy atom. The summed E-state index contributed by atoms with van der Waals surface area (Å²) in [5.74, 6) is -0.362. The molecule has 0 atom stereocenters. The molecule has 0 saturated heterocycles. The van der Waals surface area contributed by atoms with Gasteiger partial charge in [0.15, 0.2) is 0 Å². The molecule has 0 bridgehead atoms. The Morgan fingerprint density at radius 2 is 1.78 bits per heavy atom. The molecule has 0 fully saturated rings. The highest BCUT2D eigenvalue weighted by Gasteiger charge is 2.04. The molecule has 0 aliphatic carbocycles. The van der Waals surface area contributed by atoms with E-state index in [0.717, 1.165) is 5.56 Å². The maximum Gasteiger partial charge on any atom is 0.142 e. The average molecular weight is 334 g/mol. The molecule has 5 heteroatoms. The second kappa shape index (κ2) is 5.67. The third kappa shape index (κ3) is 3.21. The van der Waals surface area contributed by atoms with Crippen LogP contribution in [-0.4, -0.2) is 0 Å². The molecule has 1 nitrogen and oxygen atoms in total. The van der Waals surface area contributed by atoms with Crippen molar-refractivity contribution in [1.29, 1.82) is 0 Å². The van der Waals surface area contributed by atoms with E-state index in [2.05, 4.69) is 15.9 Å². The summed E-state index contributed by atoms with van der Waals surface area (Å²) in [6.07, 6.45) is 0. The number of benzene rings is 2. The fourth-order valence-corrected chi connectivity index (χ4v) is 1.96. The van der Waals surface area contributed by atoms with Gasteiger partial charge in [-0.15, -0.1) is 0 Å². The van der Waals surface area contributed by atoms with Gasteiger partial charge in [-0.2, -0.15) is 0 Å². The van der Waals surface area contributed by atoms with Gasteiger partial charge in [-0.1, -0.05) is 17.7 Å². The van der Waals surface area contributed by atoms with Gasteiger partial charge in [-0.25, -0.2) is 8.78 Å². The normalized spacial score (nSPS) is 10.4. The van der Waals surface area contributed by atoms with E-state index in [9.17, 15) is 8.78 Å². The van der Waals surface area contributed by atoms with Gasteiger partial charge in [0.2, 0.25) is 0 Å². The standard InChI is InChI=1S/C13H8BrClF2O/c14-10-5-8(1-3-12(10)16)7-18-9-2-4-13(17)11(15)6-9/h1-6H,7H2. The minimum atomic E-state index is -0.492. The molecule has 0 amide bonds. The van der Waals surface area contributed by atoms with Crippen molar-refractivity contribution in [2.24, 2.45) is 0 Å². The Balaban J connectivity index is 2.06. The summed E-state index contributed by atoms with van der Waals surface area (Å²) in [4.78, 5) is 0. The van der Waals surface area contributed by atoms with E-state index in [1.54, 1.807) is 12.1 Å². The zero-order valence-electron chi connectivity index (χ0n) is 9.09. The van der Waals surface area contributed by atoms with Crippen LogP contribution in [0.25, 0.3) is 0 Å². The van der Waals surface area contributed by atoms with Crippen LogP contribution in [0, 0.1) is 11.6 Å². The van der Waals surface area contributed by atoms with Crippen molar-refractivity contribution in [3.05, 3.63) is 63.1 Å². The predicted octanol–water partition coefficient (Wildman–Crippen LogP) is 4.96. The fraction of sp³-hybridized carbons (Fsp3) is 0.0769. The zero-order chi connectivity index (χ0) is 13.1. The van der Waals surface area contributed by atoms with Gasteiger partial charge >= 0.3 is 0 Å². The molecular weight excluding hydrogens is 325 g/mol. The Bertz CT molecular complexity index is 523. The van der Waals surface area contributed by atoms with Crippen LogP contribution < -0.4 is 4.74 Å². The van der Waals surface area contributed by atoms with Gasteiger partial charge in [0.1, 0.15) is 24.0 Å². The summed E-state index contributed by atoms with van der Waals surface area (Å²) in [6.45, 7) is 0.251. The summed E-state index contributed by atoms with van der Waals surface area (Å²) in [5, 5.41) is 0.00721. The van der Waals surface area contributed by atoms with Crippen LogP contribution >= 0.6 is 27.5 Å². The lowest BCUT2D eigenvalue weighted by Gasteiger charge is -2.07. The molecule has 0 aliphatic rings. The molecule has 0 heterocycles. The second-order valence-corrected chi connectivity index (χ2v) is 4.87. The van der Waals surface area contributed by atoms with Crippen LogP contribution in [0.4, 0.5) is 8.78 Å². The van der Waals surface area contributed by atoms with E-state index in [-0.39, 0.29) is 17.4 Å². The quantitative estimate of drug-likeness (QED) is 0.771. The summed E-state index contributed by atoms with van der Waals surface area (Å²) in [6, 6.07) is 8.71. The molecule has 2 aromatic rings. The van der Waals surface area contributed by atoms with Gasteiger partial charge in [-0.05, 0) is 45.8 Å². The van der Waals surface area contributed by atoms with Gasteiger partial charge in [0, 0.05) is 6.07 Å². The van der Waals surface area contributed by atoms with Crippen molar-refractivity contribution >= 4 is 27.5 Å². The van der Waals surface area contributed by atoms with E-state index >= 15 is 0 Å². The number of hydrogen-bond acceptors (Lipinski definition) is 1. The number of ether oxygens (including phenoxy) is 1. The Kier molecular flexibility index (Phi) is 4.19. The van der Waals surface area contributed by atoms with E-state index < -0.39 is 5.82 Å². The highest BCUT2D eigenvalue weighted by atomic mass is 79.9. The minimum Gasteiger partial charge on any atom is -0.489 e. The Labute approximate surface area is 116 Å². The fourth-order valence-electron chi connectivity index (χ4n) is 1.36. The van der Waals surface area contributed by atoms with Crippen molar-refractivity contribution < 1.29 is 13.5 Å². The van der Waals surface area contributed by atoms with E-state index in [1.165, 1.54) is 24.3 Å². The molecule has 0 radical (unpaired) electrons. The minimum absolute atomic E-state index is 0.00721. The Hall–Kier alpha value is -1.13. The Morgan fingerprint density at radius 1 is 1.06 bits per heavy atom. The molecular formula is C13H8BrClF2O.